The summed E-state index contributed by atoms with van der Waals surface area (Å²) >= 11 is 2.69. The molecule has 2 aromatic rings. The van der Waals surface area contributed by atoms with Crippen molar-refractivity contribution in [1.82, 2.24) is 9.88 Å². The molecule has 1 amide bonds. The number of carbonyl (C=O) groups is 2. The SMILES string of the molecule is C[C@@H]1OC(=O)N(CCSc2nc(C(=O)O)cs2)[C@H]1/C=C/C(O)C1(Cc2ccccc2)CCC1. The Balaban J connectivity index is 1.37. The first-order valence-electron chi connectivity index (χ1n) is 11.1. The molecule has 0 spiro atoms. The Bertz CT molecular complexity index is 1010. The van der Waals surface area contributed by atoms with Gasteiger partial charge in [0, 0.05) is 23.1 Å². The van der Waals surface area contributed by atoms with E-state index in [1.54, 1.807) is 4.90 Å². The van der Waals surface area contributed by atoms with Gasteiger partial charge in [0.25, 0.3) is 0 Å². The van der Waals surface area contributed by atoms with E-state index in [1.165, 1.54) is 34.0 Å². The van der Waals surface area contributed by atoms with Crippen LogP contribution in [0.5, 0.6) is 0 Å². The number of aromatic nitrogens is 1. The van der Waals surface area contributed by atoms with Crippen LogP contribution in [0.1, 0.15) is 42.2 Å². The highest BCUT2D eigenvalue weighted by molar-refractivity contribution is 8.01. The van der Waals surface area contributed by atoms with Crippen LogP contribution >= 0.6 is 23.1 Å². The summed E-state index contributed by atoms with van der Waals surface area (Å²) in [7, 11) is 0. The summed E-state index contributed by atoms with van der Waals surface area (Å²) in [6.07, 6.45) is 6.38. The molecule has 1 unspecified atom stereocenters. The van der Waals surface area contributed by atoms with Crippen LogP contribution < -0.4 is 0 Å². The van der Waals surface area contributed by atoms with E-state index in [2.05, 4.69) is 17.1 Å². The second-order valence-corrected chi connectivity index (χ2v) is 10.8. The predicted molar refractivity (Wildman–Crippen MR) is 128 cm³/mol. The zero-order chi connectivity index (χ0) is 23.4. The van der Waals surface area contributed by atoms with Gasteiger partial charge in [0.2, 0.25) is 0 Å². The standard InChI is InChI=1S/C24H28N2O5S2/c1-16-19(8-9-20(27)24(10-5-11-24)14-17-6-3-2-4-7-17)26(23(30)31-16)12-13-32-22-25-18(15-33-22)21(28)29/h2-4,6-9,15-16,19-20,27H,5,10-14H2,1H3,(H,28,29)/b9-8+/t16-,19-,20?/m0/s1. The molecule has 7 nitrogen and oxygen atoms in total. The van der Waals surface area contributed by atoms with Crippen LogP contribution in [0.15, 0.2) is 52.2 Å². The van der Waals surface area contributed by atoms with Crippen molar-refractivity contribution in [2.24, 2.45) is 5.41 Å². The zero-order valence-electron chi connectivity index (χ0n) is 18.4. The number of aromatic carboxylic acids is 1. The third-order valence-electron chi connectivity index (χ3n) is 6.49. The van der Waals surface area contributed by atoms with Gasteiger partial charge in [0.15, 0.2) is 10.0 Å². The molecular weight excluding hydrogens is 460 g/mol. The van der Waals surface area contributed by atoms with Gasteiger partial charge in [-0.2, -0.15) is 0 Å². The molecule has 2 N–H and O–H groups in total. The van der Waals surface area contributed by atoms with Gasteiger partial charge in [-0.25, -0.2) is 14.6 Å². The Morgan fingerprint density at radius 3 is 2.79 bits per heavy atom. The van der Waals surface area contributed by atoms with E-state index in [4.69, 9.17) is 9.84 Å². The van der Waals surface area contributed by atoms with Crippen molar-refractivity contribution in [2.75, 3.05) is 12.3 Å². The quantitative estimate of drug-likeness (QED) is 0.376. The molecule has 0 bridgehead atoms. The normalized spacial score (nSPS) is 22.8. The molecule has 0 radical (unpaired) electrons. The number of ether oxygens (including phenoxy) is 1. The molecule has 2 heterocycles. The van der Waals surface area contributed by atoms with Crippen LogP contribution in [0.4, 0.5) is 4.79 Å². The van der Waals surface area contributed by atoms with Crippen molar-refractivity contribution in [1.29, 1.82) is 0 Å². The maximum atomic E-state index is 12.4. The highest BCUT2D eigenvalue weighted by Crippen LogP contribution is 2.47. The van der Waals surface area contributed by atoms with E-state index < -0.39 is 12.1 Å². The molecule has 33 heavy (non-hydrogen) atoms. The molecule has 3 atom stereocenters. The second-order valence-electron chi connectivity index (χ2n) is 8.63. The third-order valence-corrected chi connectivity index (χ3v) is 8.49. The molecule has 1 saturated heterocycles. The van der Waals surface area contributed by atoms with Gasteiger partial charge < -0.3 is 14.9 Å². The van der Waals surface area contributed by atoms with E-state index in [1.807, 2.05) is 37.3 Å². The maximum Gasteiger partial charge on any atom is 0.410 e. The predicted octanol–water partition coefficient (Wildman–Crippen LogP) is 4.47. The van der Waals surface area contributed by atoms with Crippen molar-refractivity contribution >= 4 is 35.2 Å². The number of aliphatic hydroxyl groups excluding tert-OH is 1. The lowest BCUT2D eigenvalue weighted by atomic mass is 9.62. The summed E-state index contributed by atoms with van der Waals surface area (Å²) in [5, 5.41) is 21.6. The molecule has 176 valence electrons. The van der Waals surface area contributed by atoms with E-state index in [0.717, 1.165) is 25.7 Å². The molecule has 1 aromatic heterocycles. The molecule has 2 fully saturated rings. The minimum atomic E-state index is -1.05. The topological polar surface area (TPSA) is 100.0 Å². The van der Waals surface area contributed by atoms with Gasteiger partial charge in [0.1, 0.15) is 6.10 Å². The highest BCUT2D eigenvalue weighted by Gasteiger charge is 2.43. The third kappa shape index (κ3) is 5.42. The number of rotatable bonds is 10. The second kappa shape index (κ2) is 10.3. The number of hydrogen-bond acceptors (Lipinski definition) is 7. The van der Waals surface area contributed by atoms with Crippen molar-refractivity contribution in [2.45, 2.75) is 55.2 Å². The minimum Gasteiger partial charge on any atom is -0.476 e. The van der Waals surface area contributed by atoms with Gasteiger partial charge >= 0.3 is 12.1 Å². The summed E-state index contributed by atoms with van der Waals surface area (Å²) < 4.78 is 6.09. The monoisotopic (exact) mass is 488 g/mol. The fourth-order valence-corrected chi connectivity index (χ4v) is 6.27. The molecule has 9 heteroatoms. The van der Waals surface area contributed by atoms with Crippen LogP contribution in [-0.4, -0.2) is 62.7 Å². The number of hydrogen-bond donors (Lipinski definition) is 2. The van der Waals surface area contributed by atoms with Crippen LogP contribution in [-0.2, 0) is 11.2 Å². The first-order valence-corrected chi connectivity index (χ1v) is 12.9. The molecule has 2 aliphatic rings. The number of thiazole rings is 1. The lowest BCUT2D eigenvalue weighted by molar-refractivity contribution is -0.00525. The molecular formula is C24H28N2O5S2. The molecule has 1 aliphatic heterocycles. The van der Waals surface area contributed by atoms with Crippen molar-refractivity contribution in [3.05, 3.63) is 59.1 Å². The smallest absolute Gasteiger partial charge is 0.410 e. The lowest BCUT2D eigenvalue weighted by Gasteiger charge is -2.45. The number of aliphatic hydroxyl groups is 1. The molecule has 4 rings (SSSR count). The summed E-state index contributed by atoms with van der Waals surface area (Å²) in [5.41, 5.74) is 1.11. The number of carboxylic acid groups (broad SMARTS) is 1. The summed E-state index contributed by atoms with van der Waals surface area (Å²) in [6, 6.07) is 9.99. The summed E-state index contributed by atoms with van der Waals surface area (Å²) in [4.78, 5) is 29.1. The van der Waals surface area contributed by atoms with Gasteiger partial charge in [-0.1, -0.05) is 60.7 Å². The Kier molecular flexibility index (Phi) is 7.41. The van der Waals surface area contributed by atoms with Crippen molar-refractivity contribution in [3.63, 3.8) is 0 Å². The average Bonchev–Trinajstić information content (AvgIpc) is 3.34. The number of nitrogens with zero attached hydrogens (tertiary/aromatic N) is 2. The van der Waals surface area contributed by atoms with E-state index in [0.29, 0.717) is 16.6 Å². The van der Waals surface area contributed by atoms with Crippen LogP contribution in [0.2, 0.25) is 0 Å². The van der Waals surface area contributed by atoms with Crippen molar-refractivity contribution in [3.8, 4) is 0 Å². The molecule has 1 aliphatic carbocycles. The minimum absolute atomic E-state index is 0.0342. The summed E-state index contributed by atoms with van der Waals surface area (Å²) in [5.74, 6) is -0.477. The fraction of sp³-hybridized carbons (Fsp3) is 0.458. The number of amides is 1. The van der Waals surface area contributed by atoms with Gasteiger partial charge in [-0.3, -0.25) is 4.90 Å². The molecule has 1 saturated carbocycles. The Morgan fingerprint density at radius 1 is 1.39 bits per heavy atom. The van der Waals surface area contributed by atoms with Crippen molar-refractivity contribution < 1.29 is 24.5 Å². The van der Waals surface area contributed by atoms with Gasteiger partial charge in [0.05, 0.1) is 12.1 Å². The van der Waals surface area contributed by atoms with Gasteiger partial charge in [-0.15, -0.1) is 11.3 Å². The van der Waals surface area contributed by atoms with Crippen LogP contribution in [0.25, 0.3) is 0 Å². The Hall–Kier alpha value is -2.36. The number of carboxylic acids is 1. The van der Waals surface area contributed by atoms with E-state index in [9.17, 15) is 14.7 Å². The fourth-order valence-electron chi connectivity index (χ4n) is 4.46. The first-order chi connectivity index (χ1) is 15.9. The largest absolute Gasteiger partial charge is 0.476 e. The van der Waals surface area contributed by atoms with Crippen LogP contribution in [0, 0.1) is 5.41 Å². The number of carbonyl (C=O) groups excluding carboxylic acids is 1. The average molecular weight is 489 g/mol. The first kappa shape index (κ1) is 23.8. The zero-order valence-corrected chi connectivity index (χ0v) is 20.1. The number of thioether (sulfide) groups is 1. The van der Waals surface area contributed by atoms with Crippen LogP contribution in [0.3, 0.4) is 0 Å². The maximum absolute atomic E-state index is 12.4. The van der Waals surface area contributed by atoms with E-state index in [-0.39, 0.29) is 29.3 Å². The number of benzene rings is 1. The van der Waals surface area contributed by atoms with E-state index >= 15 is 0 Å². The Labute approximate surface area is 201 Å². The van der Waals surface area contributed by atoms with Gasteiger partial charge in [-0.05, 0) is 31.7 Å². The highest BCUT2D eigenvalue weighted by atomic mass is 32.2. The Morgan fingerprint density at radius 2 is 2.15 bits per heavy atom. The summed E-state index contributed by atoms with van der Waals surface area (Å²) in [6.45, 7) is 2.30. The lowest BCUT2D eigenvalue weighted by Crippen LogP contribution is -2.43. The molecule has 1 aromatic carbocycles. The number of cyclic esters (lactones) is 1.